The SMILES string of the molecule is Cc1cccc(/C=C/C(=O)c2cccc(OCC(=O)[O-])c2)c1. The summed E-state index contributed by atoms with van der Waals surface area (Å²) in [5.74, 6) is -1.17. The number of carbonyl (C=O) groups excluding carboxylic acids is 2. The van der Waals surface area contributed by atoms with Crippen LogP contribution in [0.1, 0.15) is 21.5 Å². The van der Waals surface area contributed by atoms with Gasteiger partial charge in [0.25, 0.3) is 0 Å². The van der Waals surface area contributed by atoms with Gasteiger partial charge in [-0.15, -0.1) is 0 Å². The molecule has 2 rings (SSSR count). The van der Waals surface area contributed by atoms with E-state index in [-0.39, 0.29) is 5.78 Å². The predicted molar refractivity (Wildman–Crippen MR) is 81.5 cm³/mol. The number of carboxylic acid groups (broad SMARTS) is 1. The first-order valence-electron chi connectivity index (χ1n) is 6.76. The summed E-state index contributed by atoms with van der Waals surface area (Å²) in [5.41, 5.74) is 2.49. The number of carboxylic acids is 1. The van der Waals surface area contributed by atoms with Gasteiger partial charge >= 0.3 is 0 Å². The van der Waals surface area contributed by atoms with Crippen molar-refractivity contribution < 1.29 is 19.4 Å². The first-order chi connectivity index (χ1) is 10.5. The standard InChI is InChI=1S/C18H16O4/c1-13-4-2-5-14(10-13)8-9-17(19)15-6-3-7-16(11-15)22-12-18(20)21/h2-11H,12H2,1H3,(H,20,21)/p-1/b9-8+. The molecule has 0 radical (unpaired) electrons. The van der Waals surface area contributed by atoms with Gasteiger partial charge in [0.15, 0.2) is 5.78 Å². The molecule has 22 heavy (non-hydrogen) atoms. The second-order valence-electron chi connectivity index (χ2n) is 4.80. The van der Waals surface area contributed by atoms with Crippen molar-refractivity contribution in [2.75, 3.05) is 6.61 Å². The summed E-state index contributed by atoms with van der Waals surface area (Å²) in [6.45, 7) is 1.44. The summed E-state index contributed by atoms with van der Waals surface area (Å²) in [4.78, 5) is 22.5. The summed E-state index contributed by atoms with van der Waals surface area (Å²) in [6, 6.07) is 14.2. The molecule has 2 aromatic carbocycles. The van der Waals surface area contributed by atoms with Gasteiger partial charge in [0, 0.05) is 5.56 Å². The molecule has 0 aromatic heterocycles. The van der Waals surface area contributed by atoms with Crippen LogP contribution in [0.15, 0.2) is 54.6 Å². The van der Waals surface area contributed by atoms with Crippen molar-refractivity contribution in [3.63, 3.8) is 0 Å². The van der Waals surface area contributed by atoms with Crippen LogP contribution >= 0.6 is 0 Å². The molecule has 0 N–H and O–H groups in total. The Hall–Kier alpha value is -2.88. The fourth-order valence-electron chi connectivity index (χ4n) is 1.92. The molecule has 0 aliphatic heterocycles. The highest BCUT2D eigenvalue weighted by Crippen LogP contribution is 2.15. The number of rotatable bonds is 6. The molecule has 0 bridgehead atoms. The Balaban J connectivity index is 2.09. The maximum absolute atomic E-state index is 12.1. The van der Waals surface area contributed by atoms with Gasteiger partial charge in [-0.25, -0.2) is 0 Å². The smallest absolute Gasteiger partial charge is 0.185 e. The van der Waals surface area contributed by atoms with Crippen molar-refractivity contribution in [1.29, 1.82) is 0 Å². The lowest BCUT2D eigenvalue weighted by atomic mass is 10.1. The first-order valence-corrected chi connectivity index (χ1v) is 6.76. The molecule has 0 fully saturated rings. The monoisotopic (exact) mass is 295 g/mol. The number of hydrogen-bond donors (Lipinski definition) is 0. The van der Waals surface area contributed by atoms with Crippen molar-refractivity contribution in [3.8, 4) is 5.75 Å². The fourth-order valence-corrected chi connectivity index (χ4v) is 1.92. The van der Waals surface area contributed by atoms with E-state index in [1.165, 1.54) is 12.1 Å². The number of ether oxygens (including phenoxy) is 1. The zero-order valence-corrected chi connectivity index (χ0v) is 12.1. The average Bonchev–Trinajstić information content (AvgIpc) is 2.51. The second kappa shape index (κ2) is 7.22. The summed E-state index contributed by atoms with van der Waals surface area (Å²) in [5, 5.41) is 10.4. The largest absolute Gasteiger partial charge is 0.546 e. The lowest BCUT2D eigenvalue weighted by Crippen LogP contribution is -2.28. The van der Waals surface area contributed by atoms with Crippen LogP contribution in [0.4, 0.5) is 0 Å². The van der Waals surface area contributed by atoms with E-state index in [2.05, 4.69) is 0 Å². The van der Waals surface area contributed by atoms with Crippen molar-refractivity contribution in [2.45, 2.75) is 6.92 Å². The highest BCUT2D eigenvalue weighted by atomic mass is 16.5. The van der Waals surface area contributed by atoms with E-state index < -0.39 is 12.6 Å². The molecule has 0 amide bonds. The van der Waals surface area contributed by atoms with Gasteiger partial charge in [-0.1, -0.05) is 48.0 Å². The van der Waals surface area contributed by atoms with Crippen LogP contribution in [0.25, 0.3) is 6.08 Å². The Bertz CT molecular complexity index is 717. The molecule has 2 aromatic rings. The number of benzene rings is 2. The van der Waals surface area contributed by atoms with Crippen LogP contribution in [0.5, 0.6) is 5.75 Å². The number of ketones is 1. The molecule has 0 aliphatic rings. The summed E-state index contributed by atoms with van der Waals surface area (Å²) in [6.07, 6.45) is 3.22. The Kier molecular flexibility index (Phi) is 5.09. The molecule has 0 saturated heterocycles. The maximum atomic E-state index is 12.1. The number of aliphatic carboxylic acids is 1. The van der Waals surface area contributed by atoms with Crippen LogP contribution in [0, 0.1) is 6.92 Å². The van der Waals surface area contributed by atoms with Gasteiger partial charge in [-0.3, -0.25) is 4.79 Å². The zero-order valence-electron chi connectivity index (χ0n) is 12.1. The van der Waals surface area contributed by atoms with Crippen LogP contribution in [-0.2, 0) is 4.79 Å². The first kappa shape index (κ1) is 15.5. The Morgan fingerprint density at radius 2 is 1.91 bits per heavy atom. The third kappa shape index (κ3) is 4.59. The molecule has 4 heteroatoms. The Morgan fingerprint density at radius 1 is 1.14 bits per heavy atom. The van der Waals surface area contributed by atoms with Gasteiger partial charge in [0.1, 0.15) is 12.4 Å². The molecule has 0 aliphatic carbocycles. The second-order valence-corrected chi connectivity index (χ2v) is 4.80. The number of hydrogen-bond acceptors (Lipinski definition) is 4. The lowest BCUT2D eigenvalue weighted by molar-refractivity contribution is -0.307. The molecule has 4 nitrogen and oxygen atoms in total. The minimum atomic E-state index is -1.31. The van der Waals surface area contributed by atoms with Gasteiger partial charge in [0.05, 0.1) is 5.97 Å². The molecule has 0 unspecified atom stereocenters. The predicted octanol–water partition coefficient (Wildman–Crippen LogP) is 2.02. The molecule has 0 heterocycles. The van der Waals surface area contributed by atoms with Crippen LogP contribution in [0.2, 0.25) is 0 Å². The van der Waals surface area contributed by atoms with Crippen LogP contribution in [-0.4, -0.2) is 18.4 Å². The van der Waals surface area contributed by atoms with E-state index in [0.29, 0.717) is 11.3 Å². The van der Waals surface area contributed by atoms with E-state index in [0.717, 1.165) is 11.1 Å². The van der Waals surface area contributed by atoms with E-state index in [9.17, 15) is 14.7 Å². The fraction of sp³-hybridized carbons (Fsp3) is 0.111. The van der Waals surface area contributed by atoms with Crippen LogP contribution in [0.3, 0.4) is 0 Å². The van der Waals surface area contributed by atoms with Crippen molar-refractivity contribution in [2.24, 2.45) is 0 Å². The zero-order chi connectivity index (χ0) is 15.9. The minimum absolute atomic E-state index is 0.180. The van der Waals surface area contributed by atoms with Crippen molar-refractivity contribution >= 4 is 17.8 Å². The Labute approximate surface area is 128 Å². The van der Waals surface area contributed by atoms with Gasteiger partial charge in [0.2, 0.25) is 0 Å². The summed E-state index contributed by atoms with van der Waals surface area (Å²) < 4.78 is 5.00. The quantitative estimate of drug-likeness (QED) is 0.604. The third-order valence-corrected chi connectivity index (χ3v) is 2.94. The van der Waals surface area contributed by atoms with E-state index in [1.54, 1.807) is 24.3 Å². The third-order valence-electron chi connectivity index (χ3n) is 2.94. The topological polar surface area (TPSA) is 66.4 Å². The van der Waals surface area contributed by atoms with Gasteiger partial charge < -0.3 is 14.6 Å². The number of carbonyl (C=O) groups is 2. The number of aryl methyl sites for hydroxylation is 1. The van der Waals surface area contributed by atoms with E-state index in [4.69, 9.17) is 4.74 Å². The van der Waals surface area contributed by atoms with E-state index in [1.807, 2.05) is 31.2 Å². The minimum Gasteiger partial charge on any atom is -0.546 e. The Morgan fingerprint density at radius 3 is 2.64 bits per heavy atom. The highest BCUT2D eigenvalue weighted by molar-refractivity contribution is 6.07. The molecule has 112 valence electrons. The van der Waals surface area contributed by atoms with Crippen molar-refractivity contribution in [1.82, 2.24) is 0 Å². The highest BCUT2D eigenvalue weighted by Gasteiger charge is 2.04. The average molecular weight is 295 g/mol. The molecule has 0 atom stereocenters. The van der Waals surface area contributed by atoms with Gasteiger partial charge in [-0.05, 0) is 30.7 Å². The lowest BCUT2D eigenvalue weighted by Gasteiger charge is -2.07. The summed E-state index contributed by atoms with van der Waals surface area (Å²) in [7, 11) is 0. The van der Waals surface area contributed by atoms with Crippen LogP contribution < -0.4 is 9.84 Å². The van der Waals surface area contributed by atoms with Gasteiger partial charge in [-0.2, -0.15) is 0 Å². The molecular weight excluding hydrogens is 280 g/mol. The number of allylic oxidation sites excluding steroid dienone is 1. The molecule has 0 spiro atoms. The molecular formula is C18H15O4-. The summed E-state index contributed by atoms with van der Waals surface area (Å²) >= 11 is 0. The van der Waals surface area contributed by atoms with Crippen molar-refractivity contribution in [3.05, 3.63) is 71.3 Å². The maximum Gasteiger partial charge on any atom is 0.185 e. The van der Waals surface area contributed by atoms with E-state index >= 15 is 0 Å². The molecule has 0 saturated carbocycles. The normalized spacial score (nSPS) is 10.6.